The van der Waals surface area contributed by atoms with Gasteiger partial charge in [0.1, 0.15) is 11.1 Å². The highest BCUT2D eigenvalue weighted by Gasteiger charge is 2.24. The van der Waals surface area contributed by atoms with Crippen LogP contribution in [0.25, 0.3) is 0 Å². The van der Waals surface area contributed by atoms with Crippen LogP contribution in [0, 0.1) is 0 Å². The standard InChI is InChI=1S/C11H14N4OS2.ClH/c12-11-14-5-8(18-11)6-15-2-3-16-9(7-15)10-13-1-4-17-10;/h1,4-5,9H,2-3,6-7H2,(H2,12,14);1H. The first-order valence-electron chi connectivity index (χ1n) is 5.75. The van der Waals surface area contributed by atoms with E-state index in [0.29, 0.717) is 5.13 Å². The van der Waals surface area contributed by atoms with Crippen LogP contribution in [-0.4, -0.2) is 34.6 Å². The van der Waals surface area contributed by atoms with Crippen molar-refractivity contribution in [3.8, 4) is 0 Å². The van der Waals surface area contributed by atoms with Crippen LogP contribution in [-0.2, 0) is 11.3 Å². The van der Waals surface area contributed by atoms with Gasteiger partial charge in [-0.2, -0.15) is 0 Å². The Bertz CT molecular complexity index is 505. The highest BCUT2D eigenvalue weighted by Crippen LogP contribution is 2.25. The molecule has 3 rings (SSSR count). The molecule has 0 aromatic carbocycles. The summed E-state index contributed by atoms with van der Waals surface area (Å²) in [6.07, 6.45) is 3.78. The van der Waals surface area contributed by atoms with Crippen molar-refractivity contribution in [2.24, 2.45) is 0 Å². The predicted molar refractivity (Wildman–Crippen MR) is 79.9 cm³/mol. The molecule has 1 saturated heterocycles. The van der Waals surface area contributed by atoms with Gasteiger partial charge in [0.25, 0.3) is 0 Å². The molecule has 0 radical (unpaired) electrons. The topological polar surface area (TPSA) is 64.3 Å². The third-order valence-electron chi connectivity index (χ3n) is 2.83. The zero-order valence-corrected chi connectivity index (χ0v) is 12.6. The number of nitrogens with two attached hydrogens (primary N) is 1. The van der Waals surface area contributed by atoms with E-state index in [4.69, 9.17) is 10.5 Å². The zero-order chi connectivity index (χ0) is 12.4. The highest BCUT2D eigenvalue weighted by atomic mass is 35.5. The van der Waals surface area contributed by atoms with Crippen molar-refractivity contribution >= 4 is 40.2 Å². The number of aromatic nitrogens is 2. The molecule has 0 amide bonds. The van der Waals surface area contributed by atoms with Gasteiger partial charge in [-0.05, 0) is 0 Å². The molecule has 5 nitrogen and oxygen atoms in total. The van der Waals surface area contributed by atoms with Crippen LogP contribution >= 0.6 is 35.1 Å². The third-order valence-corrected chi connectivity index (χ3v) is 4.51. The van der Waals surface area contributed by atoms with E-state index in [1.807, 2.05) is 17.8 Å². The quantitative estimate of drug-likeness (QED) is 0.939. The Morgan fingerprint density at radius 2 is 2.37 bits per heavy atom. The van der Waals surface area contributed by atoms with E-state index >= 15 is 0 Å². The minimum atomic E-state index is 0. The lowest BCUT2D eigenvalue weighted by molar-refractivity contribution is -0.0327. The largest absolute Gasteiger partial charge is 0.375 e. The molecule has 3 heterocycles. The number of rotatable bonds is 3. The van der Waals surface area contributed by atoms with Gasteiger partial charge in [0, 0.05) is 42.3 Å². The van der Waals surface area contributed by atoms with E-state index in [0.717, 1.165) is 31.2 Å². The molecule has 104 valence electrons. The minimum Gasteiger partial charge on any atom is -0.375 e. The lowest BCUT2D eigenvalue weighted by Crippen LogP contribution is -2.37. The molecule has 1 unspecified atom stereocenters. The Labute approximate surface area is 125 Å². The monoisotopic (exact) mass is 318 g/mol. The van der Waals surface area contributed by atoms with Gasteiger partial charge in [-0.15, -0.1) is 35.1 Å². The summed E-state index contributed by atoms with van der Waals surface area (Å²) in [7, 11) is 0. The minimum absolute atomic E-state index is 0. The number of hydrogen-bond acceptors (Lipinski definition) is 7. The number of anilines is 1. The molecular weight excluding hydrogens is 304 g/mol. The molecule has 0 saturated carbocycles. The fraction of sp³-hybridized carbons (Fsp3) is 0.455. The molecule has 1 fully saturated rings. The van der Waals surface area contributed by atoms with Crippen LogP contribution in [0.1, 0.15) is 16.0 Å². The molecule has 1 aliphatic heterocycles. The smallest absolute Gasteiger partial charge is 0.180 e. The molecule has 2 N–H and O–H groups in total. The summed E-state index contributed by atoms with van der Waals surface area (Å²) in [5.74, 6) is 0. The van der Waals surface area contributed by atoms with Crippen LogP contribution in [0.3, 0.4) is 0 Å². The molecule has 1 atom stereocenters. The summed E-state index contributed by atoms with van der Waals surface area (Å²) < 4.78 is 5.76. The number of morpholine rings is 1. The molecule has 1 aliphatic rings. The fourth-order valence-electron chi connectivity index (χ4n) is 2.01. The summed E-state index contributed by atoms with van der Waals surface area (Å²) in [6, 6.07) is 0. The number of nitrogens with zero attached hydrogens (tertiary/aromatic N) is 3. The van der Waals surface area contributed by atoms with Crippen molar-refractivity contribution < 1.29 is 4.74 Å². The van der Waals surface area contributed by atoms with E-state index < -0.39 is 0 Å². The van der Waals surface area contributed by atoms with Crippen LogP contribution in [0.5, 0.6) is 0 Å². The molecule has 0 bridgehead atoms. The normalized spacial score (nSPS) is 20.1. The Morgan fingerprint density at radius 3 is 3.05 bits per heavy atom. The van der Waals surface area contributed by atoms with E-state index in [1.54, 1.807) is 22.7 Å². The van der Waals surface area contributed by atoms with Crippen molar-refractivity contribution in [1.82, 2.24) is 14.9 Å². The summed E-state index contributed by atoms with van der Waals surface area (Å²) in [5.41, 5.74) is 5.64. The van der Waals surface area contributed by atoms with Crippen LogP contribution < -0.4 is 5.73 Å². The van der Waals surface area contributed by atoms with E-state index in [9.17, 15) is 0 Å². The maximum atomic E-state index is 5.76. The van der Waals surface area contributed by atoms with Crippen molar-refractivity contribution in [2.45, 2.75) is 12.6 Å². The SMILES string of the molecule is Cl.Nc1ncc(CN2CCOC(c3nccs3)C2)s1. The average molecular weight is 319 g/mol. The first kappa shape index (κ1) is 14.7. The van der Waals surface area contributed by atoms with Crippen LogP contribution in [0.4, 0.5) is 5.13 Å². The summed E-state index contributed by atoms with van der Waals surface area (Å²) in [4.78, 5) is 12.0. The number of hydrogen-bond donors (Lipinski definition) is 1. The molecular formula is C11H15ClN4OS2. The number of nitrogen functional groups attached to an aromatic ring is 1. The van der Waals surface area contributed by atoms with Gasteiger partial charge in [0.05, 0.1) is 6.61 Å². The number of ether oxygens (including phenoxy) is 1. The van der Waals surface area contributed by atoms with Crippen molar-refractivity contribution in [3.05, 3.63) is 27.7 Å². The molecule has 8 heteroatoms. The van der Waals surface area contributed by atoms with Gasteiger partial charge < -0.3 is 10.5 Å². The Morgan fingerprint density at radius 1 is 1.47 bits per heavy atom. The molecule has 2 aromatic heterocycles. The van der Waals surface area contributed by atoms with E-state index in [-0.39, 0.29) is 18.5 Å². The van der Waals surface area contributed by atoms with Crippen LogP contribution in [0.15, 0.2) is 17.8 Å². The molecule has 0 aliphatic carbocycles. The Hall–Kier alpha value is -0.730. The first-order valence-corrected chi connectivity index (χ1v) is 7.44. The van der Waals surface area contributed by atoms with Crippen molar-refractivity contribution in [2.75, 3.05) is 25.4 Å². The lowest BCUT2D eigenvalue weighted by atomic mass is 10.3. The van der Waals surface area contributed by atoms with Gasteiger partial charge in [-0.25, -0.2) is 9.97 Å². The Kier molecular flexibility index (Phi) is 5.12. The van der Waals surface area contributed by atoms with Gasteiger partial charge >= 0.3 is 0 Å². The third kappa shape index (κ3) is 3.64. The fourth-order valence-corrected chi connectivity index (χ4v) is 3.41. The average Bonchev–Trinajstić information content (AvgIpc) is 3.01. The summed E-state index contributed by atoms with van der Waals surface area (Å²) >= 11 is 3.20. The maximum Gasteiger partial charge on any atom is 0.180 e. The second kappa shape index (κ2) is 6.62. The van der Waals surface area contributed by atoms with Gasteiger partial charge in [0.2, 0.25) is 0 Å². The zero-order valence-electron chi connectivity index (χ0n) is 10.2. The molecule has 19 heavy (non-hydrogen) atoms. The number of halogens is 1. The lowest BCUT2D eigenvalue weighted by Gasteiger charge is -2.31. The molecule has 2 aromatic rings. The van der Waals surface area contributed by atoms with E-state index in [1.165, 1.54) is 4.88 Å². The van der Waals surface area contributed by atoms with Crippen molar-refractivity contribution in [1.29, 1.82) is 0 Å². The van der Waals surface area contributed by atoms with Gasteiger partial charge in [0.15, 0.2) is 5.13 Å². The number of thiazole rings is 2. The van der Waals surface area contributed by atoms with Gasteiger partial charge in [-0.1, -0.05) is 0 Å². The van der Waals surface area contributed by atoms with Gasteiger partial charge in [-0.3, -0.25) is 4.90 Å². The predicted octanol–water partition coefficient (Wildman–Crippen LogP) is 2.18. The maximum absolute atomic E-state index is 5.76. The summed E-state index contributed by atoms with van der Waals surface area (Å²) in [5, 5.41) is 3.68. The second-order valence-corrected chi connectivity index (χ2v) is 6.20. The summed E-state index contributed by atoms with van der Waals surface area (Å²) in [6.45, 7) is 3.46. The van der Waals surface area contributed by atoms with Crippen molar-refractivity contribution in [3.63, 3.8) is 0 Å². The highest BCUT2D eigenvalue weighted by molar-refractivity contribution is 7.15. The van der Waals surface area contributed by atoms with Crippen LogP contribution in [0.2, 0.25) is 0 Å². The Balaban J connectivity index is 0.00000133. The van der Waals surface area contributed by atoms with E-state index in [2.05, 4.69) is 14.9 Å². The first-order chi connectivity index (χ1) is 8.81. The molecule has 0 spiro atoms. The second-order valence-electron chi connectivity index (χ2n) is 4.13.